The Labute approximate surface area is 119 Å². The predicted octanol–water partition coefficient (Wildman–Crippen LogP) is 1.07. The number of carbonyl (C=O) groups excluding carboxylic acids is 2. The van der Waals surface area contributed by atoms with Crippen molar-refractivity contribution in [3.8, 4) is 0 Å². The summed E-state index contributed by atoms with van der Waals surface area (Å²) < 4.78 is 22.4. The molecule has 0 atom stereocenters. The summed E-state index contributed by atoms with van der Waals surface area (Å²) in [6.45, 7) is 0.324. The van der Waals surface area contributed by atoms with Gasteiger partial charge in [0.15, 0.2) is 0 Å². The van der Waals surface area contributed by atoms with Crippen LogP contribution in [0.4, 0.5) is 4.79 Å². The van der Waals surface area contributed by atoms with E-state index in [1.165, 1.54) is 6.26 Å². The van der Waals surface area contributed by atoms with E-state index in [-0.39, 0.29) is 17.7 Å². The molecule has 1 spiro atoms. The van der Waals surface area contributed by atoms with Crippen LogP contribution < -0.4 is 5.32 Å². The molecule has 1 aliphatic heterocycles. The van der Waals surface area contributed by atoms with Crippen LogP contribution in [-0.2, 0) is 14.6 Å². The van der Waals surface area contributed by atoms with Crippen LogP contribution in [0.5, 0.6) is 0 Å². The van der Waals surface area contributed by atoms with E-state index in [0.717, 1.165) is 25.7 Å². The van der Waals surface area contributed by atoms with Crippen molar-refractivity contribution in [3.05, 3.63) is 0 Å². The largest absolute Gasteiger partial charge is 0.325 e. The maximum absolute atomic E-state index is 12.2. The highest BCUT2D eigenvalue weighted by molar-refractivity contribution is 7.90. The van der Waals surface area contributed by atoms with Gasteiger partial charge in [0.05, 0.1) is 5.75 Å². The number of hydrogen-bond donors (Lipinski definition) is 1. The van der Waals surface area contributed by atoms with E-state index < -0.39 is 15.4 Å². The molecule has 1 saturated heterocycles. The van der Waals surface area contributed by atoms with Gasteiger partial charge in [-0.15, -0.1) is 0 Å². The van der Waals surface area contributed by atoms with Gasteiger partial charge >= 0.3 is 6.03 Å². The minimum atomic E-state index is -3.04. The number of urea groups is 1. The van der Waals surface area contributed by atoms with E-state index in [1.54, 1.807) is 4.90 Å². The monoisotopic (exact) mass is 302 g/mol. The lowest BCUT2D eigenvalue weighted by atomic mass is 9.88. The molecule has 0 aromatic heterocycles. The third kappa shape index (κ3) is 3.13. The van der Waals surface area contributed by atoms with Gasteiger partial charge in [-0.05, 0) is 19.3 Å². The molecule has 1 saturated carbocycles. The summed E-state index contributed by atoms with van der Waals surface area (Å²) in [6.07, 6.45) is 6.96. The number of nitrogens with zero attached hydrogens (tertiary/aromatic N) is 1. The van der Waals surface area contributed by atoms with Gasteiger partial charge in [-0.25, -0.2) is 13.2 Å². The van der Waals surface area contributed by atoms with Crippen molar-refractivity contribution in [1.29, 1.82) is 0 Å². The molecule has 0 bridgehead atoms. The first-order valence-electron chi connectivity index (χ1n) is 7.16. The fourth-order valence-electron chi connectivity index (χ4n) is 3.21. The van der Waals surface area contributed by atoms with Crippen molar-refractivity contribution >= 4 is 21.8 Å². The van der Waals surface area contributed by atoms with E-state index in [2.05, 4.69) is 5.32 Å². The zero-order valence-electron chi connectivity index (χ0n) is 11.9. The van der Waals surface area contributed by atoms with Crippen molar-refractivity contribution < 1.29 is 18.0 Å². The molecule has 114 valence electrons. The Balaban J connectivity index is 2.10. The first-order chi connectivity index (χ1) is 9.35. The molecule has 7 heteroatoms. The molecule has 0 unspecified atom stereocenters. The lowest BCUT2D eigenvalue weighted by Gasteiger charge is -2.34. The van der Waals surface area contributed by atoms with Gasteiger partial charge in [0.1, 0.15) is 15.4 Å². The first-order valence-corrected chi connectivity index (χ1v) is 9.22. The summed E-state index contributed by atoms with van der Waals surface area (Å²) >= 11 is 0. The first kappa shape index (κ1) is 15.3. The van der Waals surface area contributed by atoms with Crippen LogP contribution in [0.3, 0.4) is 0 Å². The second kappa shape index (κ2) is 5.71. The summed E-state index contributed by atoms with van der Waals surface area (Å²) in [4.78, 5) is 25.7. The van der Waals surface area contributed by atoms with E-state index in [0.29, 0.717) is 25.8 Å². The van der Waals surface area contributed by atoms with Crippen LogP contribution in [0, 0.1) is 0 Å². The highest BCUT2D eigenvalue weighted by Crippen LogP contribution is 2.36. The van der Waals surface area contributed by atoms with Crippen molar-refractivity contribution in [3.63, 3.8) is 0 Å². The second-order valence-electron chi connectivity index (χ2n) is 5.84. The molecule has 6 nitrogen and oxygen atoms in total. The molecular formula is C13H22N2O4S. The van der Waals surface area contributed by atoms with Gasteiger partial charge < -0.3 is 4.90 Å². The van der Waals surface area contributed by atoms with E-state index in [4.69, 9.17) is 0 Å². The number of nitrogens with one attached hydrogen (secondary N) is 1. The molecule has 0 aromatic rings. The van der Waals surface area contributed by atoms with Crippen molar-refractivity contribution in [2.45, 2.75) is 50.5 Å². The Morgan fingerprint density at radius 3 is 2.30 bits per heavy atom. The Kier molecular flexibility index (Phi) is 4.36. The average molecular weight is 302 g/mol. The normalized spacial score (nSPS) is 22.9. The topological polar surface area (TPSA) is 83.6 Å². The summed E-state index contributed by atoms with van der Waals surface area (Å²) in [5.41, 5.74) is -0.731. The standard InChI is InChI=1S/C13H22N2O4S/c1-20(18,19)10-6-9-15-12(17)14-11(16)13(15)7-4-2-3-5-8-13/h2-10H2,1H3,(H,14,16,17). The average Bonchev–Trinajstić information content (AvgIpc) is 2.55. The van der Waals surface area contributed by atoms with Crippen LogP contribution >= 0.6 is 0 Å². The molecule has 2 aliphatic rings. The van der Waals surface area contributed by atoms with Gasteiger partial charge in [0.25, 0.3) is 5.91 Å². The van der Waals surface area contributed by atoms with Crippen LogP contribution in [0.15, 0.2) is 0 Å². The molecular weight excluding hydrogens is 280 g/mol. The van der Waals surface area contributed by atoms with Crippen molar-refractivity contribution in [1.82, 2.24) is 10.2 Å². The van der Waals surface area contributed by atoms with Crippen molar-refractivity contribution in [2.75, 3.05) is 18.6 Å². The minimum Gasteiger partial charge on any atom is -0.310 e. The Hall–Kier alpha value is -1.11. The highest BCUT2D eigenvalue weighted by Gasteiger charge is 2.51. The fourth-order valence-corrected chi connectivity index (χ4v) is 3.86. The second-order valence-corrected chi connectivity index (χ2v) is 8.10. The lowest BCUT2D eigenvalue weighted by molar-refractivity contribution is -0.127. The number of sulfone groups is 1. The molecule has 1 heterocycles. The summed E-state index contributed by atoms with van der Waals surface area (Å²) in [5.74, 6) is -0.162. The molecule has 1 N–H and O–H groups in total. The third-order valence-corrected chi connectivity index (χ3v) is 5.26. The third-order valence-electron chi connectivity index (χ3n) is 4.23. The predicted molar refractivity (Wildman–Crippen MR) is 75.0 cm³/mol. The van der Waals surface area contributed by atoms with E-state index in [9.17, 15) is 18.0 Å². The summed E-state index contributed by atoms with van der Waals surface area (Å²) in [6, 6.07) is -0.370. The van der Waals surface area contributed by atoms with Crippen molar-refractivity contribution in [2.24, 2.45) is 0 Å². The number of imide groups is 1. The molecule has 0 aromatic carbocycles. The molecule has 1 aliphatic carbocycles. The van der Waals surface area contributed by atoms with Gasteiger partial charge in [-0.3, -0.25) is 10.1 Å². The van der Waals surface area contributed by atoms with Crippen LogP contribution in [0.2, 0.25) is 0 Å². The van der Waals surface area contributed by atoms with Gasteiger partial charge in [-0.1, -0.05) is 25.7 Å². The SMILES string of the molecule is CS(=O)(=O)CCCN1C(=O)NC(=O)C12CCCCCC2. The van der Waals surface area contributed by atoms with Crippen LogP contribution in [-0.4, -0.2) is 49.3 Å². The van der Waals surface area contributed by atoms with E-state index in [1.807, 2.05) is 0 Å². The lowest BCUT2D eigenvalue weighted by Crippen LogP contribution is -2.49. The van der Waals surface area contributed by atoms with Crippen LogP contribution in [0.25, 0.3) is 0 Å². The summed E-state index contributed by atoms with van der Waals surface area (Å²) in [7, 11) is -3.04. The van der Waals surface area contributed by atoms with Gasteiger partial charge in [-0.2, -0.15) is 0 Å². The zero-order chi connectivity index (χ0) is 14.8. The van der Waals surface area contributed by atoms with Gasteiger partial charge in [0.2, 0.25) is 0 Å². The number of rotatable bonds is 4. The molecule has 20 heavy (non-hydrogen) atoms. The molecule has 2 fully saturated rings. The fraction of sp³-hybridized carbons (Fsp3) is 0.846. The molecule has 2 rings (SSSR count). The van der Waals surface area contributed by atoms with Gasteiger partial charge in [0, 0.05) is 12.8 Å². The zero-order valence-corrected chi connectivity index (χ0v) is 12.7. The Morgan fingerprint density at radius 1 is 1.15 bits per heavy atom. The quantitative estimate of drug-likeness (QED) is 0.787. The summed E-state index contributed by atoms with van der Waals surface area (Å²) in [5, 5.41) is 2.40. The number of amides is 3. The maximum Gasteiger partial charge on any atom is 0.325 e. The molecule has 3 amide bonds. The highest BCUT2D eigenvalue weighted by atomic mass is 32.2. The smallest absolute Gasteiger partial charge is 0.310 e. The minimum absolute atomic E-state index is 0.0427. The van der Waals surface area contributed by atoms with Crippen LogP contribution in [0.1, 0.15) is 44.9 Å². The molecule has 0 radical (unpaired) electrons. The van der Waals surface area contributed by atoms with E-state index >= 15 is 0 Å². The number of hydrogen-bond acceptors (Lipinski definition) is 4. The number of carbonyl (C=O) groups is 2. The Morgan fingerprint density at radius 2 is 1.75 bits per heavy atom. The maximum atomic E-state index is 12.2. The Bertz CT molecular complexity index is 493.